The van der Waals surface area contributed by atoms with E-state index in [0.717, 1.165) is 5.56 Å². The van der Waals surface area contributed by atoms with Crippen molar-refractivity contribution in [2.75, 3.05) is 16.8 Å². The summed E-state index contributed by atoms with van der Waals surface area (Å²) >= 11 is 1.25. The molecule has 3 amide bonds. The maximum atomic E-state index is 13.3. The summed E-state index contributed by atoms with van der Waals surface area (Å²) in [6.45, 7) is 0.347. The van der Waals surface area contributed by atoms with Crippen molar-refractivity contribution in [1.82, 2.24) is 15.1 Å². The molecule has 0 saturated carbocycles. The van der Waals surface area contributed by atoms with Crippen LogP contribution in [0.3, 0.4) is 0 Å². The number of amides is 3. The van der Waals surface area contributed by atoms with E-state index in [1.165, 1.54) is 11.3 Å². The predicted molar refractivity (Wildman–Crippen MR) is 111 cm³/mol. The van der Waals surface area contributed by atoms with E-state index in [4.69, 9.17) is 0 Å². The van der Waals surface area contributed by atoms with Crippen LogP contribution in [0.5, 0.6) is 0 Å². The Morgan fingerprint density at radius 3 is 2.60 bits per heavy atom. The van der Waals surface area contributed by atoms with Crippen molar-refractivity contribution in [2.45, 2.75) is 19.0 Å². The summed E-state index contributed by atoms with van der Waals surface area (Å²) in [6.07, 6.45) is 0.189. The van der Waals surface area contributed by atoms with Crippen molar-refractivity contribution >= 4 is 39.9 Å². The Labute approximate surface area is 176 Å². The van der Waals surface area contributed by atoms with E-state index >= 15 is 0 Å². The van der Waals surface area contributed by atoms with E-state index < -0.39 is 6.17 Å². The first kappa shape index (κ1) is 18.4. The third-order valence-electron chi connectivity index (χ3n) is 5.29. The van der Waals surface area contributed by atoms with Crippen molar-refractivity contribution in [3.63, 3.8) is 0 Å². The SMILES string of the molecule is O=C(CCCN1C(=O)c2ccccc2N2C(=O)c3ccccc3[C@@H]12)Nc1nncs1. The number of nitrogens with one attached hydrogen (secondary N) is 1. The number of fused-ring (bicyclic) bond motifs is 5. The van der Waals surface area contributed by atoms with E-state index in [9.17, 15) is 14.4 Å². The number of hydrogen-bond donors (Lipinski definition) is 1. The lowest BCUT2D eigenvalue weighted by atomic mass is 10.0. The molecule has 0 saturated heterocycles. The molecule has 1 N–H and O–H groups in total. The number of nitrogens with zero attached hydrogens (tertiary/aromatic N) is 4. The van der Waals surface area contributed by atoms with Crippen LogP contribution in [-0.4, -0.2) is 39.4 Å². The van der Waals surface area contributed by atoms with Gasteiger partial charge in [-0.25, -0.2) is 0 Å². The van der Waals surface area contributed by atoms with Crippen LogP contribution in [0.1, 0.15) is 45.3 Å². The summed E-state index contributed by atoms with van der Waals surface area (Å²) in [5, 5.41) is 10.6. The fourth-order valence-electron chi connectivity index (χ4n) is 4.02. The minimum Gasteiger partial charge on any atom is -0.313 e. The highest BCUT2D eigenvalue weighted by Gasteiger charge is 2.47. The molecule has 0 bridgehead atoms. The van der Waals surface area contributed by atoms with Gasteiger partial charge in [0, 0.05) is 24.1 Å². The van der Waals surface area contributed by atoms with Crippen molar-refractivity contribution in [1.29, 1.82) is 0 Å². The van der Waals surface area contributed by atoms with Gasteiger partial charge in [0.05, 0.1) is 11.3 Å². The molecule has 3 heterocycles. The standard InChI is InChI=1S/C21H17N5O3S/c27-17(23-21-24-22-12-30-21)10-5-11-25-18-13-6-1-2-7-14(13)20(29)26(18)16-9-4-3-8-15(16)19(25)28/h1-4,6-9,12,18H,5,10-11H2,(H,23,24,27)/t18-/m0/s1. The Morgan fingerprint density at radius 1 is 1.03 bits per heavy atom. The Hall–Kier alpha value is -3.59. The molecule has 150 valence electrons. The second-order valence-corrected chi connectivity index (χ2v) is 7.88. The summed E-state index contributed by atoms with van der Waals surface area (Å²) in [4.78, 5) is 41.9. The number of para-hydroxylation sites is 1. The molecule has 2 aliphatic heterocycles. The highest BCUT2D eigenvalue weighted by atomic mass is 32.1. The molecule has 2 aliphatic rings. The first-order valence-corrected chi connectivity index (χ1v) is 10.4. The first-order chi connectivity index (χ1) is 14.6. The van der Waals surface area contributed by atoms with Crippen LogP contribution < -0.4 is 10.2 Å². The van der Waals surface area contributed by atoms with E-state index in [1.807, 2.05) is 24.3 Å². The second-order valence-electron chi connectivity index (χ2n) is 7.05. The largest absolute Gasteiger partial charge is 0.313 e. The molecule has 3 aromatic rings. The Morgan fingerprint density at radius 2 is 1.80 bits per heavy atom. The molecule has 8 nitrogen and oxygen atoms in total. The monoisotopic (exact) mass is 419 g/mol. The van der Waals surface area contributed by atoms with Gasteiger partial charge in [0.2, 0.25) is 11.0 Å². The molecule has 9 heteroatoms. The molecule has 5 rings (SSSR count). The summed E-state index contributed by atoms with van der Waals surface area (Å²) in [6, 6.07) is 14.5. The Bertz CT molecular complexity index is 1150. The molecule has 0 aliphatic carbocycles. The second kappa shape index (κ2) is 7.34. The average molecular weight is 419 g/mol. The minimum absolute atomic E-state index is 0.116. The van der Waals surface area contributed by atoms with Crippen LogP contribution in [0.25, 0.3) is 0 Å². The molecule has 2 aromatic carbocycles. The van der Waals surface area contributed by atoms with Crippen molar-refractivity contribution in [2.24, 2.45) is 0 Å². The number of anilines is 2. The maximum Gasteiger partial charge on any atom is 0.260 e. The molecule has 0 unspecified atom stereocenters. The third kappa shape index (κ3) is 2.94. The fraction of sp³-hybridized carbons (Fsp3) is 0.190. The fourth-order valence-corrected chi connectivity index (χ4v) is 4.48. The highest BCUT2D eigenvalue weighted by Crippen LogP contribution is 2.45. The molecular weight excluding hydrogens is 402 g/mol. The molecule has 1 aromatic heterocycles. The minimum atomic E-state index is -0.498. The van der Waals surface area contributed by atoms with E-state index in [2.05, 4.69) is 15.5 Å². The Kier molecular flexibility index (Phi) is 4.51. The summed E-state index contributed by atoms with van der Waals surface area (Å²) in [5.74, 6) is -0.438. The number of aromatic nitrogens is 2. The van der Waals surface area contributed by atoms with Crippen molar-refractivity contribution in [3.8, 4) is 0 Å². The maximum absolute atomic E-state index is 13.3. The van der Waals surface area contributed by atoms with Gasteiger partial charge in [0.1, 0.15) is 11.7 Å². The van der Waals surface area contributed by atoms with Gasteiger partial charge < -0.3 is 10.2 Å². The number of carbonyl (C=O) groups excluding carboxylic acids is 3. The molecule has 0 spiro atoms. The van der Waals surface area contributed by atoms with Gasteiger partial charge in [-0.05, 0) is 24.6 Å². The zero-order chi connectivity index (χ0) is 20.7. The van der Waals surface area contributed by atoms with E-state index in [-0.39, 0.29) is 24.1 Å². The van der Waals surface area contributed by atoms with Crippen LogP contribution >= 0.6 is 11.3 Å². The normalized spacial score (nSPS) is 16.9. The number of carbonyl (C=O) groups is 3. The molecule has 1 atom stereocenters. The predicted octanol–water partition coefficient (Wildman–Crippen LogP) is 3.07. The third-order valence-corrected chi connectivity index (χ3v) is 5.90. The molecule has 0 radical (unpaired) electrons. The molecule has 0 fully saturated rings. The first-order valence-electron chi connectivity index (χ1n) is 9.53. The van der Waals surface area contributed by atoms with Gasteiger partial charge >= 0.3 is 0 Å². The molecule has 30 heavy (non-hydrogen) atoms. The van der Waals surface area contributed by atoms with E-state index in [1.54, 1.807) is 39.6 Å². The van der Waals surface area contributed by atoms with Crippen LogP contribution in [0.15, 0.2) is 54.0 Å². The zero-order valence-corrected chi connectivity index (χ0v) is 16.6. The summed E-state index contributed by atoms with van der Waals surface area (Å²) < 4.78 is 0. The topological polar surface area (TPSA) is 95.5 Å². The quantitative estimate of drug-likeness (QED) is 0.686. The number of hydrogen-bond acceptors (Lipinski definition) is 6. The van der Waals surface area contributed by atoms with Crippen molar-refractivity contribution < 1.29 is 14.4 Å². The van der Waals surface area contributed by atoms with Crippen LogP contribution in [0, 0.1) is 0 Å². The lowest BCUT2D eigenvalue weighted by Crippen LogP contribution is -2.48. The summed E-state index contributed by atoms with van der Waals surface area (Å²) in [5.41, 5.74) is 4.07. The lowest BCUT2D eigenvalue weighted by molar-refractivity contribution is -0.116. The van der Waals surface area contributed by atoms with Gasteiger partial charge in [0.15, 0.2) is 0 Å². The number of rotatable bonds is 5. The number of benzene rings is 2. The summed E-state index contributed by atoms with van der Waals surface area (Å²) in [7, 11) is 0. The van der Waals surface area contributed by atoms with Crippen LogP contribution in [-0.2, 0) is 4.79 Å². The average Bonchev–Trinajstić information content (AvgIpc) is 3.37. The Balaban J connectivity index is 1.41. The van der Waals surface area contributed by atoms with Gasteiger partial charge in [-0.1, -0.05) is 41.7 Å². The highest BCUT2D eigenvalue weighted by molar-refractivity contribution is 7.13. The van der Waals surface area contributed by atoms with Gasteiger partial charge in [-0.15, -0.1) is 10.2 Å². The van der Waals surface area contributed by atoms with Crippen LogP contribution in [0.2, 0.25) is 0 Å². The lowest BCUT2D eigenvalue weighted by Gasteiger charge is -2.41. The van der Waals surface area contributed by atoms with Gasteiger partial charge in [0.25, 0.3) is 11.8 Å². The van der Waals surface area contributed by atoms with Crippen molar-refractivity contribution in [3.05, 3.63) is 70.7 Å². The smallest absolute Gasteiger partial charge is 0.260 e. The zero-order valence-electron chi connectivity index (χ0n) is 15.8. The van der Waals surface area contributed by atoms with Gasteiger partial charge in [-0.3, -0.25) is 19.3 Å². The van der Waals surface area contributed by atoms with Gasteiger partial charge in [-0.2, -0.15) is 0 Å². The van der Waals surface area contributed by atoms with E-state index in [0.29, 0.717) is 34.9 Å². The van der Waals surface area contributed by atoms with Crippen LogP contribution in [0.4, 0.5) is 10.8 Å². The molecular formula is C21H17N5O3S.